The van der Waals surface area contributed by atoms with Crippen molar-refractivity contribution in [3.05, 3.63) is 34.9 Å². The monoisotopic (exact) mass is 329 g/mol. The highest BCUT2D eigenvalue weighted by Gasteiger charge is 2.40. The van der Waals surface area contributed by atoms with Crippen LogP contribution in [0.5, 0.6) is 0 Å². The van der Waals surface area contributed by atoms with E-state index in [1.165, 1.54) is 0 Å². The molecule has 1 aliphatic carbocycles. The molecule has 3 rings (SSSR count). The van der Waals surface area contributed by atoms with Gasteiger partial charge in [-0.25, -0.2) is 8.42 Å². The molecule has 1 aliphatic heterocycles. The van der Waals surface area contributed by atoms with Crippen LogP contribution in [0.15, 0.2) is 24.3 Å². The molecule has 1 aromatic carbocycles. The molecule has 0 amide bonds. The molecule has 1 aromatic rings. The SMILES string of the molecule is O=S1(=O)CCC(N(CC(O)c2ccccc2Cl)C2CC2)C1. The molecule has 1 saturated carbocycles. The Balaban J connectivity index is 1.73. The molecular weight excluding hydrogens is 310 g/mol. The zero-order valence-corrected chi connectivity index (χ0v) is 13.4. The Morgan fingerprint density at radius 2 is 1.95 bits per heavy atom. The van der Waals surface area contributed by atoms with Crippen LogP contribution in [0, 0.1) is 0 Å². The maximum absolute atomic E-state index is 11.7. The Bertz CT molecular complexity index is 615. The van der Waals surface area contributed by atoms with Crippen LogP contribution in [0.25, 0.3) is 0 Å². The number of sulfone groups is 1. The maximum Gasteiger partial charge on any atom is 0.151 e. The van der Waals surface area contributed by atoms with Gasteiger partial charge >= 0.3 is 0 Å². The summed E-state index contributed by atoms with van der Waals surface area (Å²) in [6, 6.07) is 7.73. The van der Waals surface area contributed by atoms with Crippen molar-refractivity contribution >= 4 is 21.4 Å². The zero-order chi connectivity index (χ0) is 15.0. The number of aliphatic hydroxyl groups excluding tert-OH is 1. The average molecular weight is 330 g/mol. The van der Waals surface area contributed by atoms with Crippen molar-refractivity contribution in [1.82, 2.24) is 4.90 Å². The fraction of sp³-hybridized carbons (Fsp3) is 0.600. The van der Waals surface area contributed by atoms with Gasteiger partial charge in [0.25, 0.3) is 0 Å². The third-order valence-corrected chi connectivity index (χ3v) is 6.44. The van der Waals surface area contributed by atoms with Crippen molar-refractivity contribution in [1.29, 1.82) is 0 Å². The molecule has 0 bridgehead atoms. The van der Waals surface area contributed by atoms with Gasteiger partial charge in [0, 0.05) is 29.2 Å². The third kappa shape index (κ3) is 3.59. The second kappa shape index (κ2) is 5.88. The first kappa shape index (κ1) is 15.3. The molecule has 1 heterocycles. The normalized spacial score (nSPS) is 26.1. The molecule has 0 aromatic heterocycles. The Morgan fingerprint density at radius 3 is 2.52 bits per heavy atom. The van der Waals surface area contributed by atoms with E-state index in [4.69, 9.17) is 11.6 Å². The molecule has 0 radical (unpaired) electrons. The lowest BCUT2D eigenvalue weighted by atomic mass is 10.1. The summed E-state index contributed by atoms with van der Waals surface area (Å²) in [6.07, 6.45) is 2.17. The second-order valence-electron chi connectivity index (χ2n) is 6.02. The van der Waals surface area contributed by atoms with Crippen molar-refractivity contribution in [3.63, 3.8) is 0 Å². The molecule has 2 unspecified atom stereocenters. The van der Waals surface area contributed by atoms with Crippen LogP contribution in [0.2, 0.25) is 5.02 Å². The van der Waals surface area contributed by atoms with Gasteiger partial charge in [0.05, 0.1) is 17.6 Å². The first-order valence-corrected chi connectivity index (χ1v) is 9.55. The van der Waals surface area contributed by atoms with Gasteiger partial charge in [0.2, 0.25) is 0 Å². The van der Waals surface area contributed by atoms with Crippen molar-refractivity contribution in [2.24, 2.45) is 0 Å². The number of aliphatic hydroxyl groups is 1. The van der Waals surface area contributed by atoms with E-state index >= 15 is 0 Å². The van der Waals surface area contributed by atoms with Gasteiger partial charge in [-0.15, -0.1) is 0 Å². The van der Waals surface area contributed by atoms with E-state index in [-0.39, 0.29) is 17.5 Å². The summed E-state index contributed by atoms with van der Waals surface area (Å²) in [4.78, 5) is 2.18. The van der Waals surface area contributed by atoms with Crippen LogP contribution in [0.4, 0.5) is 0 Å². The first-order valence-electron chi connectivity index (χ1n) is 7.35. The summed E-state index contributed by atoms with van der Waals surface area (Å²) >= 11 is 6.13. The minimum absolute atomic E-state index is 0.0413. The van der Waals surface area contributed by atoms with Crippen LogP contribution < -0.4 is 0 Å². The number of nitrogens with zero attached hydrogens (tertiary/aromatic N) is 1. The Labute approximate surface area is 130 Å². The predicted molar refractivity (Wildman–Crippen MR) is 83.2 cm³/mol. The van der Waals surface area contributed by atoms with E-state index in [1.807, 2.05) is 18.2 Å². The van der Waals surface area contributed by atoms with Gasteiger partial charge in [-0.2, -0.15) is 0 Å². The van der Waals surface area contributed by atoms with Crippen LogP contribution >= 0.6 is 11.6 Å². The Kier molecular flexibility index (Phi) is 4.28. The Morgan fingerprint density at radius 1 is 1.24 bits per heavy atom. The summed E-state index contributed by atoms with van der Waals surface area (Å²) in [5.41, 5.74) is 0.714. The second-order valence-corrected chi connectivity index (χ2v) is 8.66. The minimum Gasteiger partial charge on any atom is -0.387 e. The van der Waals surface area contributed by atoms with Crippen LogP contribution in [0.3, 0.4) is 0 Å². The predicted octanol–water partition coefficient (Wildman–Crippen LogP) is 2.02. The van der Waals surface area contributed by atoms with E-state index in [0.717, 1.165) is 12.8 Å². The largest absolute Gasteiger partial charge is 0.387 e. The van der Waals surface area contributed by atoms with Crippen molar-refractivity contribution in [2.75, 3.05) is 18.1 Å². The lowest BCUT2D eigenvalue weighted by Crippen LogP contribution is -2.40. The topological polar surface area (TPSA) is 57.6 Å². The summed E-state index contributed by atoms with van der Waals surface area (Å²) < 4.78 is 23.4. The van der Waals surface area contributed by atoms with Crippen molar-refractivity contribution in [3.8, 4) is 0 Å². The zero-order valence-electron chi connectivity index (χ0n) is 11.8. The number of benzene rings is 1. The molecule has 2 fully saturated rings. The highest BCUT2D eigenvalue weighted by atomic mass is 35.5. The fourth-order valence-electron chi connectivity index (χ4n) is 3.08. The quantitative estimate of drug-likeness (QED) is 0.898. The standard InChI is InChI=1S/C15H20ClNO3S/c16-14-4-2-1-3-13(14)15(18)9-17(11-5-6-11)12-7-8-21(19,20)10-12/h1-4,11-12,15,18H,5-10H2. The minimum atomic E-state index is -2.90. The maximum atomic E-state index is 11.7. The van der Waals surface area contributed by atoms with Crippen LogP contribution in [-0.2, 0) is 9.84 Å². The van der Waals surface area contributed by atoms with E-state index in [9.17, 15) is 13.5 Å². The van der Waals surface area contributed by atoms with E-state index in [2.05, 4.69) is 4.90 Å². The molecule has 1 saturated heterocycles. The molecule has 0 spiro atoms. The average Bonchev–Trinajstić information content (AvgIpc) is 3.20. The highest BCUT2D eigenvalue weighted by molar-refractivity contribution is 7.91. The summed E-state index contributed by atoms with van der Waals surface area (Å²) in [7, 11) is -2.90. The van der Waals surface area contributed by atoms with Crippen LogP contribution in [0.1, 0.15) is 30.9 Å². The first-order chi connectivity index (χ1) is 9.96. The van der Waals surface area contributed by atoms with Gasteiger partial charge in [0.1, 0.15) is 0 Å². The smallest absolute Gasteiger partial charge is 0.151 e. The third-order valence-electron chi connectivity index (χ3n) is 4.34. The van der Waals surface area contributed by atoms with Crippen LogP contribution in [-0.4, -0.2) is 48.6 Å². The summed E-state index contributed by atoms with van der Waals surface area (Å²) in [5, 5.41) is 11.0. The molecule has 21 heavy (non-hydrogen) atoms. The van der Waals surface area contributed by atoms with E-state index < -0.39 is 15.9 Å². The number of hydrogen-bond donors (Lipinski definition) is 1. The molecule has 2 atom stereocenters. The number of hydrogen-bond acceptors (Lipinski definition) is 4. The van der Waals surface area contributed by atoms with E-state index in [0.29, 0.717) is 29.6 Å². The molecule has 1 N–H and O–H groups in total. The van der Waals surface area contributed by atoms with Gasteiger partial charge in [-0.3, -0.25) is 4.90 Å². The molecule has 4 nitrogen and oxygen atoms in total. The van der Waals surface area contributed by atoms with Gasteiger partial charge in [-0.05, 0) is 25.3 Å². The van der Waals surface area contributed by atoms with E-state index in [1.54, 1.807) is 6.07 Å². The fourth-order valence-corrected chi connectivity index (χ4v) is 5.09. The highest BCUT2D eigenvalue weighted by Crippen LogP contribution is 2.34. The van der Waals surface area contributed by atoms with Gasteiger partial charge in [-0.1, -0.05) is 29.8 Å². The molecular formula is C15H20ClNO3S. The number of halogens is 1. The van der Waals surface area contributed by atoms with Gasteiger partial charge in [0.15, 0.2) is 9.84 Å². The van der Waals surface area contributed by atoms with Crippen molar-refractivity contribution in [2.45, 2.75) is 37.5 Å². The molecule has 6 heteroatoms. The lowest BCUT2D eigenvalue weighted by Gasteiger charge is -2.30. The molecule has 2 aliphatic rings. The summed E-state index contributed by atoms with van der Waals surface area (Å²) in [5.74, 6) is 0.488. The molecule has 116 valence electrons. The Hall–Kier alpha value is -0.620. The van der Waals surface area contributed by atoms with Crippen molar-refractivity contribution < 1.29 is 13.5 Å². The number of rotatable bonds is 5. The van der Waals surface area contributed by atoms with Gasteiger partial charge < -0.3 is 5.11 Å². The summed E-state index contributed by atoms with van der Waals surface area (Å²) in [6.45, 7) is 0.453. The lowest BCUT2D eigenvalue weighted by molar-refractivity contribution is 0.0874.